The average molecular weight is 301 g/mol. The molecule has 1 fully saturated rings. The predicted octanol–water partition coefficient (Wildman–Crippen LogP) is 3.01. The fourth-order valence-corrected chi connectivity index (χ4v) is 2.33. The molecule has 6 heteroatoms. The largest absolute Gasteiger partial charge is 0.261 e. The van der Waals surface area contributed by atoms with Crippen LogP contribution < -0.4 is 10.9 Å². The lowest BCUT2D eigenvalue weighted by atomic mass is 10.1. The van der Waals surface area contributed by atoms with Crippen LogP contribution in [0.3, 0.4) is 0 Å². The second-order valence-electron chi connectivity index (χ2n) is 6.10. The van der Waals surface area contributed by atoms with Gasteiger partial charge in [0.15, 0.2) is 0 Å². The molecule has 1 saturated carbocycles. The van der Waals surface area contributed by atoms with Crippen LogP contribution in [-0.4, -0.2) is 23.1 Å². The predicted molar refractivity (Wildman–Crippen MR) is 75.6 cm³/mol. The highest BCUT2D eigenvalue weighted by molar-refractivity contribution is 5.17. The van der Waals surface area contributed by atoms with Gasteiger partial charge in [0.1, 0.15) is 6.67 Å². The molecule has 2 unspecified atom stereocenters. The second-order valence-corrected chi connectivity index (χ2v) is 6.10. The molecule has 2 N–H and O–H groups in total. The van der Waals surface area contributed by atoms with Crippen LogP contribution in [0.4, 0.5) is 13.2 Å². The van der Waals surface area contributed by atoms with Gasteiger partial charge < -0.3 is 0 Å². The summed E-state index contributed by atoms with van der Waals surface area (Å²) >= 11 is 0. The number of hydrazine groups is 1. The number of pyridine rings is 1. The topological polar surface area (TPSA) is 37.0 Å². The Balaban J connectivity index is 1.81. The number of halogens is 3. The minimum absolute atomic E-state index is 0.211. The monoisotopic (exact) mass is 301 g/mol. The van der Waals surface area contributed by atoms with E-state index < -0.39 is 18.1 Å². The van der Waals surface area contributed by atoms with Crippen LogP contribution in [0, 0.1) is 5.92 Å². The molecule has 2 rings (SSSR count). The fourth-order valence-electron chi connectivity index (χ4n) is 2.33. The Morgan fingerprint density at radius 2 is 2.19 bits per heavy atom. The van der Waals surface area contributed by atoms with Crippen molar-refractivity contribution < 1.29 is 13.2 Å². The van der Waals surface area contributed by atoms with Crippen molar-refractivity contribution in [2.75, 3.05) is 6.67 Å². The first kappa shape index (κ1) is 16.2. The lowest BCUT2D eigenvalue weighted by molar-refractivity contribution is 0.0130. The Labute approximate surface area is 123 Å². The van der Waals surface area contributed by atoms with Crippen LogP contribution in [0.5, 0.6) is 0 Å². The Morgan fingerprint density at radius 3 is 2.76 bits per heavy atom. The number of nitrogens with zero attached hydrogens (tertiary/aromatic N) is 1. The summed E-state index contributed by atoms with van der Waals surface area (Å²) in [6, 6.07) is 3.62. The minimum Gasteiger partial charge on any atom is -0.261 e. The third kappa shape index (κ3) is 4.68. The fraction of sp³-hybridized carbons (Fsp3) is 0.667. The van der Waals surface area contributed by atoms with E-state index in [2.05, 4.69) is 15.8 Å². The van der Waals surface area contributed by atoms with Gasteiger partial charge in [-0.1, -0.05) is 6.92 Å². The van der Waals surface area contributed by atoms with E-state index in [9.17, 15) is 13.2 Å². The van der Waals surface area contributed by atoms with Crippen molar-refractivity contribution in [3.05, 3.63) is 29.6 Å². The maximum atomic E-state index is 12.9. The minimum atomic E-state index is -2.67. The molecule has 1 heterocycles. The van der Waals surface area contributed by atoms with E-state index in [4.69, 9.17) is 0 Å². The van der Waals surface area contributed by atoms with Crippen LogP contribution in [0.1, 0.15) is 37.9 Å². The van der Waals surface area contributed by atoms with Gasteiger partial charge in [-0.25, -0.2) is 18.6 Å². The summed E-state index contributed by atoms with van der Waals surface area (Å²) in [6.07, 6.45) is 2.47. The maximum Gasteiger partial charge on any atom is 0.245 e. The van der Waals surface area contributed by atoms with Crippen molar-refractivity contribution in [2.45, 2.75) is 51.1 Å². The summed E-state index contributed by atoms with van der Waals surface area (Å²) in [5, 5.41) is 0. The number of hydrogen-bond acceptors (Lipinski definition) is 3. The van der Waals surface area contributed by atoms with Crippen molar-refractivity contribution >= 4 is 0 Å². The third-order valence-corrected chi connectivity index (χ3v) is 4.02. The van der Waals surface area contributed by atoms with Gasteiger partial charge in [0.05, 0.1) is 5.54 Å². The van der Waals surface area contributed by atoms with Crippen LogP contribution in [0.2, 0.25) is 0 Å². The summed E-state index contributed by atoms with van der Waals surface area (Å²) in [5.41, 5.74) is 7.21. The Hall–Kier alpha value is -1.14. The van der Waals surface area contributed by atoms with E-state index in [1.165, 1.54) is 0 Å². The van der Waals surface area contributed by atoms with E-state index >= 15 is 0 Å². The number of rotatable bonds is 8. The Bertz CT molecular complexity index is 471. The standard InChI is InChI=1S/C15H22F3N3/c1-11-8-15(11,10-16)21-20-9-12-4-6-19-13(7-12)3-5-14(2,17)18/h4,6-7,11,20-21H,3,5,8-10H2,1-2H3. The smallest absolute Gasteiger partial charge is 0.245 e. The van der Waals surface area contributed by atoms with Gasteiger partial charge in [-0.05, 0) is 43.4 Å². The molecule has 0 bridgehead atoms. The van der Waals surface area contributed by atoms with E-state index in [-0.39, 0.29) is 12.8 Å². The number of hydrogen-bond donors (Lipinski definition) is 2. The SMILES string of the molecule is CC1CC1(CF)NNCc1ccnc(CCC(C)(F)F)c1. The molecule has 21 heavy (non-hydrogen) atoms. The molecule has 0 aliphatic heterocycles. The van der Waals surface area contributed by atoms with Gasteiger partial charge in [0.2, 0.25) is 5.92 Å². The number of nitrogens with one attached hydrogen (secondary N) is 2. The molecular formula is C15H22F3N3. The first-order valence-electron chi connectivity index (χ1n) is 7.22. The normalized spacial score (nSPS) is 25.1. The average Bonchev–Trinajstić information content (AvgIpc) is 3.07. The number of alkyl halides is 3. The molecule has 1 aromatic heterocycles. The van der Waals surface area contributed by atoms with Crippen LogP contribution in [0.15, 0.2) is 18.3 Å². The highest BCUT2D eigenvalue weighted by atomic mass is 19.3. The zero-order valence-corrected chi connectivity index (χ0v) is 12.4. The zero-order chi connectivity index (χ0) is 15.5. The van der Waals surface area contributed by atoms with Crippen molar-refractivity contribution in [3.63, 3.8) is 0 Å². The second kappa shape index (κ2) is 6.32. The lowest BCUT2D eigenvalue weighted by Crippen LogP contribution is -2.44. The summed E-state index contributed by atoms with van der Waals surface area (Å²) < 4.78 is 38.6. The lowest BCUT2D eigenvalue weighted by Gasteiger charge is -2.16. The summed E-state index contributed by atoms with van der Waals surface area (Å²) in [5.74, 6) is -2.34. The van der Waals surface area contributed by atoms with Crippen molar-refractivity contribution in [1.29, 1.82) is 0 Å². The highest BCUT2D eigenvalue weighted by Gasteiger charge is 2.51. The Morgan fingerprint density at radius 1 is 1.48 bits per heavy atom. The zero-order valence-electron chi connectivity index (χ0n) is 12.4. The van der Waals surface area contributed by atoms with Crippen LogP contribution in [0.25, 0.3) is 0 Å². The van der Waals surface area contributed by atoms with E-state index in [1.54, 1.807) is 12.3 Å². The van der Waals surface area contributed by atoms with Gasteiger partial charge in [0.25, 0.3) is 0 Å². The van der Waals surface area contributed by atoms with Gasteiger partial charge in [-0.3, -0.25) is 10.4 Å². The van der Waals surface area contributed by atoms with Gasteiger partial charge >= 0.3 is 0 Å². The molecule has 1 aliphatic rings. The summed E-state index contributed by atoms with van der Waals surface area (Å²) in [7, 11) is 0. The van der Waals surface area contributed by atoms with Gasteiger partial charge in [0, 0.05) is 24.9 Å². The van der Waals surface area contributed by atoms with Crippen molar-refractivity contribution in [1.82, 2.24) is 15.8 Å². The van der Waals surface area contributed by atoms with Crippen molar-refractivity contribution in [3.8, 4) is 0 Å². The maximum absolute atomic E-state index is 12.9. The Kier molecular flexibility index (Phi) is 4.88. The molecule has 1 aromatic rings. The number of aryl methyl sites for hydroxylation is 1. The first-order chi connectivity index (χ1) is 9.85. The van der Waals surface area contributed by atoms with Crippen molar-refractivity contribution in [2.24, 2.45) is 5.92 Å². The molecule has 1 aliphatic carbocycles. The van der Waals surface area contributed by atoms with Gasteiger partial charge in [-0.15, -0.1) is 0 Å². The summed E-state index contributed by atoms with van der Waals surface area (Å²) in [4.78, 5) is 4.10. The van der Waals surface area contributed by atoms with Crippen LogP contribution in [-0.2, 0) is 13.0 Å². The molecule has 3 nitrogen and oxygen atoms in total. The van der Waals surface area contributed by atoms with Crippen LogP contribution >= 0.6 is 0 Å². The quantitative estimate of drug-likeness (QED) is 0.725. The molecule has 0 aromatic carbocycles. The van der Waals surface area contributed by atoms with E-state index in [1.807, 2.05) is 13.0 Å². The third-order valence-electron chi connectivity index (χ3n) is 4.02. The van der Waals surface area contributed by atoms with Gasteiger partial charge in [-0.2, -0.15) is 0 Å². The van der Waals surface area contributed by atoms with E-state index in [0.29, 0.717) is 18.2 Å². The molecule has 0 radical (unpaired) electrons. The highest BCUT2D eigenvalue weighted by Crippen LogP contribution is 2.42. The first-order valence-corrected chi connectivity index (χ1v) is 7.22. The molecule has 2 atom stereocenters. The molecule has 0 saturated heterocycles. The summed E-state index contributed by atoms with van der Waals surface area (Å²) in [6.45, 7) is 3.03. The molecule has 118 valence electrons. The number of aromatic nitrogens is 1. The van der Waals surface area contributed by atoms with E-state index in [0.717, 1.165) is 18.9 Å². The molecule has 0 spiro atoms. The molecule has 0 amide bonds. The molecular weight excluding hydrogens is 279 g/mol.